The molecular weight excluding hydrogens is 226 g/mol. The zero-order valence-electron chi connectivity index (χ0n) is 10.9. The van der Waals surface area contributed by atoms with Crippen molar-refractivity contribution in [3.63, 3.8) is 0 Å². The topological polar surface area (TPSA) is 44.4 Å². The molecule has 0 bridgehead atoms. The Morgan fingerprint density at radius 1 is 1.44 bits per heavy atom. The summed E-state index contributed by atoms with van der Waals surface area (Å²) in [4.78, 5) is 13.9. The standard InChI is InChI=1S/C14H21N3O/c1-15-14(18)13-11-17(10-8-16-13)9-7-12-5-3-2-4-6-12/h2-6,13,16H,7-11H2,1H3,(H,15,18). The van der Waals surface area contributed by atoms with Crippen LogP contribution in [0.5, 0.6) is 0 Å². The van der Waals surface area contributed by atoms with Crippen LogP contribution in [0.3, 0.4) is 0 Å². The van der Waals surface area contributed by atoms with Gasteiger partial charge in [0.25, 0.3) is 0 Å². The Bertz CT molecular complexity index is 380. The van der Waals surface area contributed by atoms with Crippen LogP contribution in [0.2, 0.25) is 0 Å². The maximum atomic E-state index is 11.6. The zero-order valence-corrected chi connectivity index (χ0v) is 10.9. The molecule has 0 aliphatic carbocycles. The fourth-order valence-corrected chi connectivity index (χ4v) is 2.30. The molecule has 0 aromatic heterocycles. The van der Waals surface area contributed by atoms with Gasteiger partial charge in [0.15, 0.2) is 0 Å². The molecule has 1 aromatic carbocycles. The van der Waals surface area contributed by atoms with Gasteiger partial charge in [0.05, 0.1) is 6.04 Å². The second-order valence-corrected chi connectivity index (χ2v) is 4.66. The molecule has 1 unspecified atom stereocenters. The number of nitrogens with zero attached hydrogens (tertiary/aromatic N) is 1. The summed E-state index contributed by atoms with van der Waals surface area (Å²) < 4.78 is 0. The first-order valence-corrected chi connectivity index (χ1v) is 6.51. The molecule has 2 rings (SSSR count). The predicted octanol–water partition coefficient (Wildman–Crippen LogP) is 0.249. The Hall–Kier alpha value is -1.39. The van der Waals surface area contributed by atoms with Crippen molar-refractivity contribution in [3.8, 4) is 0 Å². The quantitative estimate of drug-likeness (QED) is 0.801. The maximum Gasteiger partial charge on any atom is 0.238 e. The van der Waals surface area contributed by atoms with E-state index in [9.17, 15) is 4.79 Å². The normalized spacial score (nSPS) is 20.6. The van der Waals surface area contributed by atoms with Gasteiger partial charge in [-0.2, -0.15) is 0 Å². The average Bonchev–Trinajstić information content (AvgIpc) is 2.45. The van der Waals surface area contributed by atoms with Gasteiger partial charge in [-0.05, 0) is 12.0 Å². The van der Waals surface area contributed by atoms with Crippen LogP contribution in [0.25, 0.3) is 0 Å². The molecule has 4 heteroatoms. The molecular formula is C14H21N3O. The van der Waals surface area contributed by atoms with Crippen LogP contribution in [-0.2, 0) is 11.2 Å². The van der Waals surface area contributed by atoms with Gasteiger partial charge in [-0.25, -0.2) is 0 Å². The minimum absolute atomic E-state index is 0.0699. The molecule has 0 radical (unpaired) electrons. The van der Waals surface area contributed by atoms with E-state index < -0.39 is 0 Å². The summed E-state index contributed by atoms with van der Waals surface area (Å²) in [7, 11) is 1.69. The van der Waals surface area contributed by atoms with Crippen molar-refractivity contribution in [2.45, 2.75) is 12.5 Å². The van der Waals surface area contributed by atoms with Crippen molar-refractivity contribution < 1.29 is 4.79 Å². The Labute approximate surface area is 108 Å². The smallest absolute Gasteiger partial charge is 0.238 e. The van der Waals surface area contributed by atoms with Crippen LogP contribution in [0.4, 0.5) is 0 Å². The largest absolute Gasteiger partial charge is 0.358 e. The number of carbonyl (C=O) groups excluding carboxylic acids is 1. The van der Waals surface area contributed by atoms with E-state index >= 15 is 0 Å². The number of amides is 1. The number of likely N-dealkylation sites (N-methyl/N-ethyl adjacent to an activating group) is 1. The van der Waals surface area contributed by atoms with Crippen LogP contribution in [0.1, 0.15) is 5.56 Å². The number of hydrogen-bond acceptors (Lipinski definition) is 3. The minimum Gasteiger partial charge on any atom is -0.358 e. The number of rotatable bonds is 4. The van der Waals surface area contributed by atoms with Gasteiger partial charge >= 0.3 is 0 Å². The first-order valence-electron chi connectivity index (χ1n) is 6.51. The minimum atomic E-state index is -0.0699. The lowest BCUT2D eigenvalue weighted by molar-refractivity contribution is -0.123. The third kappa shape index (κ3) is 3.55. The molecule has 1 heterocycles. The van der Waals surface area contributed by atoms with E-state index in [4.69, 9.17) is 0 Å². The highest BCUT2D eigenvalue weighted by Crippen LogP contribution is 2.04. The Morgan fingerprint density at radius 3 is 2.94 bits per heavy atom. The summed E-state index contributed by atoms with van der Waals surface area (Å²) in [6.45, 7) is 3.71. The summed E-state index contributed by atoms with van der Waals surface area (Å²) >= 11 is 0. The predicted molar refractivity (Wildman–Crippen MR) is 72.4 cm³/mol. The number of nitrogens with one attached hydrogen (secondary N) is 2. The van der Waals surface area contributed by atoms with Crippen LogP contribution >= 0.6 is 0 Å². The van der Waals surface area contributed by atoms with E-state index in [1.54, 1.807) is 7.05 Å². The fraction of sp³-hybridized carbons (Fsp3) is 0.500. The third-order valence-corrected chi connectivity index (χ3v) is 3.38. The van der Waals surface area contributed by atoms with Crippen LogP contribution in [0, 0.1) is 0 Å². The Morgan fingerprint density at radius 2 is 2.22 bits per heavy atom. The zero-order chi connectivity index (χ0) is 12.8. The molecule has 1 saturated heterocycles. The Kier molecular flexibility index (Phi) is 4.73. The number of carbonyl (C=O) groups is 1. The van der Waals surface area contributed by atoms with Crippen molar-refractivity contribution >= 4 is 5.91 Å². The number of piperazine rings is 1. The van der Waals surface area contributed by atoms with Gasteiger partial charge < -0.3 is 10.6 Å². The lowest BCUT2D eigenvalue weighted by Gasteiger charge is -2.32. The molecule has 1 atom stereocenters. The SMILES string of the molecule is CNC(=O)C1CN(CCc2ccccc2)CCN1. The van der Waals surface area contributed by atoms with E-state index in [0.29, 0.717) is 0 Å². The molecule has 2 N–H and O–H groups in total. The van der Waals surface area contributed by atoms with Crippen molar-refractivity contribution in [2.24, 2.45) is 0 Å². The fourth-order valence-electron chi connectivity index (χ4n) is 2.30. The summed E-state index contributed by atoms with van der Waals surface area (Å²) in [6, 6.07) is 10.4. The van der Waals surface area contributed by atoms with Crippen molar-refractivity contribution in [3.05, 3.63) is 35.9 Å². The van der Waals surface area contributed by atoms with Crippen molar-refractivity contribution in [1.29, 1.82) is 0 Å². The van der Waals surface area contributed by atoms with Crippen molar-refractivity contribution in [1.82, 2.24) is 15.5 Å². The van der Waals surface area contributed by atoms with E-state index in [2.05, 4.69) is 39.8 Å². The van der Waals surface area contributed by atoms with Gasteiger partial charge in [0.2, 0.25) is 5.91 Å². The molecule has 98 valence electrons. The first-order chi connectivity index (χ1) is 8.79. The molecule has 1 aromatic rings. The average molecular weight is 247 g/mol. The lowest BCUT2D eigenvalue weighted by atomic mass is 10.1. The Balaban J connectivity index is 1.81. The van der Waals surface area contributed by atoms with Gasteiger partial charge in [0.1, 0.15) is 0 Å². The van der Waals surface area contributed by atoms with Crippen LogP contribution < -0.4 is 10.6 Å². The summed E-state index contributed by atoms with van der Waals surface area (Å²) in [5.41, 5.74) is 1.35. The van der Waals surface area contributed by atoms with Crippen molar-refractivity contribution in [2.75, 3.05) is 33.2 Å². The second kappa shape index (κ2) is 6.52. The van der Waals surface area contributed by atoms with Gasteiger partial charge in [-0.1, -0.05) is 30.3 Å². The molecule has 1 fully saturated rings. The third-order valence-electron chi connectivity index (χ3n) is 3.38. The molecule has 0 saturated carbocycles. The highest BCUT2D eigenvalue weighted by molar-refractivity contribution is 5.81. The monoisotopic (exact) mass is 247 g/mol. The highest BCUT2D eigenvalue weighted by atomic mass is 16.2. The number of hydrogen-bond donors (Lipinski definition) is 2. The van der Waals surface area contributed by atoms with E-state index in [1.807, 2.05) is 6.07 Å². The molecule has 1 aliphatic heterocycles. The van der Waals surface area contributed by atoms with Gasteiger partial charge in [-0.15, -0.1) is 0 Å². The highest BCUT2D eigenvalue weighted by Gasteiger charge is 2.23. The first kappa shape index (κ1) is 13.1. The van der Waals surface area contributed by atoms with E-state index in [1.165, 1.54) is 5.56 Å². The van der Waals surface area contributed by atoms with E-state index in [0.717, 1.165) is 32.6 Å². The van der Waals surface area contributed by atoms with Crippen LogP contribution in [0.15, 0.2) is 30.3 Å². The lowest BCUT2D eigenvalue weighted by Crippen LogP contribution is -2.56. The van der Waals surface area contributed by atoms with E-state index in [-0.39, 0.29) is 11.9 Å². The summed E-state index contributed by atoms with van der Waals surface area (Å²) in [5, 5.41) is 5.95. The maximum absolute atomic E-state index is 11.6. The van der Waals surface area contributed by atoms with Gasteiger partial charge in [-0.3, -0.25) is 9.69 Å². The van der Waals surface area contributed by atoms with Crippen LogP contribution in [-0.4, -0.2) is 50.1 Å². The van der Waals surface area contributed by atoms with Gasteiger partial charge in [0, 0.05) is 33.2 Å². The molecule has 1 aliphatic rings. The summed E-state index contributed by atoms with van der Waals surface area (Å²) in [5.74, 6) is 0.0828. The second-order valence-electron chi connectivity index (χ2n) is 4.66. The molecule has 0 spiro atoms. The summed E-state index contributed by atoms with van der Waals surface area (Å²) in [6.07, 6.45) is 1.04. The molecule has 4 nitrogen and oxygen atoms in total. The molecule has 1 amide bonds. The molecule has 18 heavy (non-hydrogen) atoms. The number of benzene rings is 1.